The molecule has 2 aliphatic rings. The standard InChI is InChI=1S/C56H100O15/c1-3-5-7-9-11-13-15-17-19-21-23-24-26-28-30-32-34-36-38-47(58)66-41-44(69-48(59)39-37-35-33-31-29-27-25-22-20-18-16-14-12-10-8-6-4-2)42-67-55-54(65)52(63)50(61)46(71-55)43-68-56-53(64)51(62)49(60)45(40-57)70-56/h18,20,25,27,31,33,44-46,49-57,60-65H,3-17,19,21-24,26,28-30,32,34-43H2,1-2H3/b20-18+,27-25+,33-31+/t44-,45+,46+,49-,50-,51?,52?,53?,54?,55+,56+/m0/s1. The number of carbonyl (C=O) groups excluding carboxylic acids is 2. The van der Waals surface area contributed by atoms with Crippen LogP contribution in [-0.4, -0.2) is 142 Å². The van der Waals surface area contributed by atoms with E-state index in [9.17, 15) is 45.3 Å². The number of unbranched alkanes of at least 4 members (excludes halogenated alkanes) is 24. The number of allylic oxidation sites excluding steroid dienone is 6. The maximum Gasteiger partial charge on any atom is 0.306 e. The lowest BCUT2D eigenvalue weighted by Gasteiger charge is -2.42. The molecule has 0 spiro atoms. The number of aliphatic hydroxyl groups is 7. The summed E-state index contributed by atoms with van der Waals surface area (Å²) in [4.78, 5) is 25.8. The summed E-state index contributed by atoms with van der Waals surface area (Å²) in [6.07, 6.45) is 30.3. The molecular formula is C56H100O15. The van der Waals surface area contributed by atoms with Gasteiger partial charge in [0.05, 0.1) is 19.8 Å². The topological polar surface area (TPSA) is 231 Å². The highest BCUT2D eigenvalue weighted by Crippen LogP contribution is 2.27. The number of hydrogen-bond acceptors (Lipinski definition) is 15. The maximum absolute atomic E-state index is 13.0. The number of carbonyl (C=O) groups is 2. The highest BCUT2D eigenvalue weighted by molar-refractivity contribution is 5.70. The average Bonchev–Trinajstić information content (AvgIpc) is 3.36. The first-order valence-electron chi connectivity index (χ1n) is 28.1. The van der Waals surface area contributed by atoms with Gasteiger partial charge in [-0.1, -0.05) is 192 Å². The molecule has 15 heteroatoms. The van der Waals surface area contributed by atoms with Crippen molar-refractivity contribution in [3.63, 3.8) is 0 Å². The van der Waals surface area contributed by atoms with Crippen LogP contribution in [0.4, 0.5) is 0 Å². The second-order valence-corrected chi connectivity index (χ2v) is 19.8. The zero-order chi connectivity index (χ0) is 51.7. The number of ether oxygens (including phenoxy) is 6. The van der Waals surface area contributed by atoms with Gasteiger partial charge in [-0.2, -0.15) is 0 Å². The second kappa shape index (κ2) is 43.0. The molecule has 7 N–H and O–H groups in total. The van der Waals surface area contributed by atoms with Crippen molar-refractivity contribution in [2.45, 2.75) is 280 Å². The Labute approximate surface area is 427 Å². The molecule has 2 fully saturated rings. The fourth-order valence-corrected chi connectivity index (χ4v) is 8.76. The Morgan fingerprint density at radius 2 is 0.859 bits per heavy atom. The summed E-state index contributed by atoms with van der Waals surface area (Å²) in [5, 5.41) is 72.2. The van der Waals surface area contributed by atoms with Gasteiger partial charge in [0.25, 0.3) is 0 Å². The van der Waals surface area contributed by atoms with E-state index in [4.69, 9.17) is 28.4 Å². The van der Waals surface area contributed by atoms with Crippen LogP contribution in [0.3, 0.4) is 0 Å². The molecule has 0 saturated carbocycles. The molecular weight excluding hydrogens is 913 g/mol. The van der Waals surface area contributed by atoms with Crippen LogP contribution in [-0.2, 0) is 38.0 Å². The van der Waals surface area contributed by atoms with Gasteiger partial charge in [-0.3, -0.25) is 9.59 Å². The zero-order valence-electron chi connectivity index (χ0n) is 44.0. The van der Waals surface area contributed by atoms with Gasteiger partial charge in [0.1, 0.15) is 55.4 Å². The number of aliphatic hydroxyl groups excluding tert-OH is 7. The molecule has 0 amide bonds. The first-order valence-corrected chi connectivity index (χ1v) is 28.1. The van der Waals surface area contributed by atoms with Crippen molar-refractivity contribution >= 4 is 11.9 Å². The Balaban J connectivity index is 1.79. The second-order valence-electron chi connectivity index (χ2n) is 19.8. The highest BCUT2D eigenvalue weighted by Gasteiger charge is 2.47. The summed E-state index contributed by atoms with van der Waals surface area (Å²) in [5.41, 5.74) is 0. The molecule has 11 atom stereocenters. The van der Waals surface area contributed by atoms with Crippen LogP contribution in [0.2, 0.25) is 0 Å². The summed E-state index contributed by atoms with van der Waals surface area (Å²) in [5.74, 6) is -0.977. The van der Waals surface area contributed by atoms with E-state index in [1.807, 2.05) is 6.08 Å². The van der Waals surface area contributed by atoms with Gasteiger partial charge >= 0.3 is 11.9 Å². The predicted molar refractivity (Wildman–Crippen MR) is 275 cm³/mol. The Morgan fingerprint density at radius 1 is 0.451 bits per heavy atom. The normalized spacial score (nSPS) is 25.4. The number of rotatable bonds is 44. The summed E-state index contributed by atoms with van der Waals surface area (Å²) < 4.78 is 33.6. The van der Waals surface area contributed by atoms with Gasteiger partial charge in [-0.15, -0.1) is 0 Å². The van der Waals surface area contributed by atoms with E-state index >= 15 is 0 Å². The molecule has 0 aromatic rings. The fourth-order valence-electron chi connectivity index (χ4n) is 8.76. The molecule has 2 rings (SSSR count). The van der Waals surface area contributed by atoms with Crippen LogP contribution in [0.25, 0.3) is 0 Å². The molecule has 0 aromatic heterocycles. The summed E-state index contributed by atoms with van der Waals surface area (Å²) in [6.45, 7) is 2.56. The number of esters is 2. The molecule has 15 nitrogen and oxygen atoms in total. The van der Waals surface area contributed by atoms with Crippen molar-refractivity contribution in [2.24, 2.45) is 0 Å². The largest absolute Gasteiger partial charge is 0.462 e. The molecule has 2 heterocycles. The van der Waals surface area contributed by atoms with E-state index in [-0.39, 0.29) is 19.4 Å². The minimum Gasteiger partial charge on any atom is -0.462 e. The van der Waals surface area contributed by atoms with Gasteiger partial charge in [-0.05, 0) is 44.9 Å². The molecule has 0 bridgehead atoms. The van der Waals surface area contributed by atoms with Crippen molar-refractivity contribution in [3.05, 3.63) is 36.5 Å². The van der Waals surface area contributed by atoms with Crippen molar-refractivity contribution in [1.29, 1.82) is 0 Å². The first-order chi connectivity index (χ1) is 34.5. The quantitative estimate of drug-likeness (QED) is 0.0172. The highest BCUT2D eigenvalue weighted by atomic mass is 16.7. The maximum atomic E-state index is 13.0. The zero-order valence-corrected chi connectivity index (χ0v) is 44.0. The van der Waals surface area contributed by atoms with E-state index in [0.717, 1.165) is 38.5 Å². The molecule has 0 aromatic carbocycles. The van der Waals surface area contributed by atoms with Crippen LogP contribution in [0, 0.1) is 0 Å². The van der Waals surface area contributed by atoms with E-state index in [1.54, 1.807) is 0 Å². The van der Waals surface area contributed by atoms with Crippen LogP contribution in [0.5, 0.6) is 0 Å². The molecule has 4 unspecified atom stereocenters. The average molecular weight is 1010 g/mol. The van der Waals surface area contributed by atoms with Gasteiger partial charge in [-0.25, -0.2) is 0 Å². The predicted octanol–water partition coefficient (Wildman–Crippen LogP) is 8.88. The third-order valence-corrected chi connectivity index (χ3v) is 13.4. The molecule has 2 aliphatic heterocycles. The van der Waals surface area contributed by atoms with E-state index in [0.29, 0.717) is 19.3 Å². The Morgan fingerprint density at radius 3 is 1.37 bits per heavy atom. The third-order valence-electron chi connectivity index (χ3n) is 13.4. The van der Waals surface area contributed by atoms with Crippen LogP contribution in [0.1, 0.15) is 213 Å². The summed E-state index contributed by atoms with van der Waals surface area (Å²) >= 11 is 0. The Hall–Kier alpha value is -2.28. The van der Waals surface area contributed by atoms with Gasteiger partial charge in [0.2, 0.25) is 0 Å². The molecule has 2 saturated heterocycles. The lowest BCUT2D eigenvalue weighted by Crippen LogP contribution is -2.61. The molecule has 0 radical (unpaired) electrons. The van der Waals surface area contributed by atoms with Crippen molar-refractivity contribution in [1.82, 2.24) is 0 Å². The van der Waals surface area contributed by atoms with E-state index in [2.05, 4.69) is 44.2 Å². The summed E-state index contributed by atoms with van der Waals surface area (Å²) in [6, 6.07) is 0. The van der Waals surface area contributed by atoms with Gasteiger partial charge in [0, 0.05) is 12.8 Å². The lowest BCUT2D eigenvalue weighted by molar-refractivity contribution is -0.332. The van der Waals surface area contributed by atoms with Crippen LogP contribution < -0.4 is 0 Å². The monoisotopic (exact) mass is 1010 g/mol. The smallest absolute Gasteiger partial charge is 0.306 e. The third kappa shape index (κ3) is 30.6. The molecule has 71 heavy (non-hydrogen) atoms. The minimum atomic E-state index is -1.77. The minimum absolute atomic E-state index is 0.0954. The van der Waals surface area contributed by atoms with E-state index < -0.39 is 99.3 Å². The van der Waals surface area contributed by atoms with Crippen molar-refractivity contribution in [2.75, 3.05) is 26.4 Å². The van der Waals surface area contributed by atoms with Crippen molar-refractivity contribution in [3.8, 4) is 0 Å². The molecule has 414 valence electrons. The van der Waals surface area contributed by atoms with E-state index in [1.165, 1.54) is 128 Å². The molecule has 0 aliphatic carbocycles. The lowest BCUT2D eigenvalue weighted by atomic mass is 9.98. The van der Waals surface area contributed by atoms with Crippen LogP contribution >= 0.6 is 0 Å². The van der Waals surface area contributed by atoms with Crippen LogP contribution in [0.15, 0.2) is 36.5 Å². The van der Waals surface area contributed by atoms with Crippen molar-refractivity contribution < 1.29 is 73.8 Å². The van der Waals surface area contributed by atoms with Gasteiger partial charge in [0.15, 0.2) is 18.7 Å². The first kappa shape index (κ1) is 64.8. The Kier molecular flexibility index (Phi) is 39.3. The Bertz CT molecular complexity index is 1380. The van der Waals surface area contributed by atoms with Gasteiger partial charge < -0.3 is 64.2 Å². The summed E-state index contributed by atoms with van der Waals surface area (Å²) in [7, 11) is 0. The SMILES string of the molecule is CCCCCCCC/C=C/C/C=C/C/C=C/CCCC(=O)O[C@@H](COC(=O)CCCCCCCCCCCCCCCCCCCC)CO[C@@H]1O[C@H](CO[C@@H]2O[C@H](CO)[C@H](O)C(O)C2O)[C@H](O)C(O)C1O. The fraction of sp³-hybridized carbons (Fsp3) is 0.857. The number of hydrogen-bond donors (Lipinski definition) is 7.